The molecule has 1 fully saturated rings. The molecule has 0 unspecified atom stereocenters. The maximum absolute atomic E-state index is 12.8. The second-order valence-electron chi connectivity index (χ2n) is 7.51. The summed E-state index contributed by atoms with van der Waals surface area (Å²) in [7, 11) is 1.40. The molecule has 6 nitrogen and oxygen atoms in total. The summed E-state index contributed by atoms with van der Waals surface area (Å²) in [4.78, 5) is 15.0. The van der Waals surface area contributed by atoms with Gasteiger partial charge in [0.2, 0.25) is 0 Å². The number of rotatable bonds is 4. The highest BCUT2D eigenvalue weighted by molar-refractivity contribution is 6.42. The first-order valence-electron chi connectivity index (χ1n) is 9.84. The van der Waals surface area contributed by atoms with Gasteiger partial charge >= 0.3 is 5.97 Å². The highest BCUT2D eigenvalue weighted by atomic mass is 35.5. The van der Waals surface area contributed by atoms with Crippen LogP contribution in [0.1, 0.15) is 18.4 Å². The van der Waals surface area contributed by atoms with Crippen LogP contribution in [0.15, 0.2) is 54.7 Å². The molecule has 8 heteroatoms. The van der Waals surface area contributed by atoms with E-state index in [2.05, 4.69) is 15.1 Å². The number of methoxy groups -OCH3 is 1. The average Bonchev–Trinajstić information content (AvgIpc) is 2.80. The SMILES string of the molecule is COC(=O)C1(c2ccc(Cl)c(Cl)c2)CCN(c2cnnc(-c3ccccc3O)c2)CC1. The van der Waals surface area contributed by atoms with Gasteiger partial charge in [0.15, 0.2) is 0 Å². The molecular formula is C23H21Cl2N3O3. The van der Waals surface area contributed by atoms with Gasteiger partial charge in [0.25, 0.3) is 0 Å². The van der Waals surface area contributed by atoms with Gasteiger partial charge in [-0.1, -0.05) is 41.4 Å². The minimum Gasteiger partial charge on any atom is -0.507 e. The zero-order valence-electron chi connectivity index (χ0n) is 16.9. The number of anilines is 1. The number of benzene rings is 2. The third kappa shape index (κ3) is 4.05. The Morgan fingerprint density at radius 1 is 1.10 bits per heavy atom. The maximum atomic E-state index is 12.8. The zero-order chi connectivity index (χ0) is 22.0. The second-order valence-corrected chi connectivity index (χ2v) is 8.32. The number of carbonyl (C=O) groups excluding carboxylic acids is 1. The predicted octanol–water partition coefficient (Wildman–Crippen LogP) is 4.87. The van der Waals surface area contributed by atoms with E-state index in [0.717, 1.165) is 11.3 Å². The number of phenolic OH excluding ortho intramolecular Hbond substituents is 1. The zero-order valence-corrected chi connectivity index (χ0v) is 18.4. The van der Waals surface area contributed by atoms with Gasteiger partial charge in [0, 0.05) is 18.7 Å². The first-order chi connectivity index (χ1) is 14.9. The average molecular weight is 458 g/mol. The fourth-order valence-electron chi connectivity index (χ4n) is 4.10. The molecule has 0 amide bonds. The number of aromatic hydroxyl groups is 1. The lowest BCUT2D eigenvalue weighted by molar-refractivity contribution is -0.148. The summed E-state index contributed by atoms with van der Waals surface area (Å²) in [5.41, 5.74) is 2.09. The summed E-state index contributed by atoms with van der Waals surface area (Å²) in [6.07, 6.45) is 2.78. The van der Waals surface area contributed by atoms with Crippen LogP contribution in [0.4, 0.5) is 5.69 Å². The van der Waals surface area contributed by atoms with Crippen LogP contribution in [-0.4, -0.2) is 41.5 Å². The van der Waals surface area contributed by atoms with Gasteiger partial charge in [-0.25, -0.2) is 0 Å². The van der Waals surface area contributed by atoms with E-state index in [1.165, 1.54) is 7.11 Å². The minimum absolute atomic E-state index is 0.150. The summed E-state index contributed by atoms with van der Waals surface area (Å²) in [6.45, 7) is 1.22. The van der Waals surface area contributed by atoms with Crippen molar-refractivity contribution in [3.05, 3.63) is 70.3 Å². The van der Waals surface area contributed by atoms with Gasteiger partial charge in [-0.15, -0.1) is 0 Å². The van der Waals surface area contributed by atoms with E-state index in [1.54, 1.807) is 36.5 Å². The Morgan fingerprint density at radius 2 is 1.84 bits per heavy atom. The van der Waals surface area contributed by atoms with Crippen molar-refractivity contribution in [2.24, 2.45) is 0 Å². The molecule has 4 rings (SSSR count). The lowest BCUT2D eigenvalue weighted by Gasteiger charge is -2.41. The molecule has 1 aromatic heterocycles. The molecule has 0 atom stereocenters. The predicted molar refractivity (Wildman–Crippen MR) is 121 cm³/mol. The van der Waals surface area contributed by atoms with Crippen LogP contribution in [0.5, 0.6) is 5.75 Å². The van der Waals surface area contributed by atoms with Crippen molar-refractivity contribution in [1.29, 1.82) is 0 Å². The Morgan fingerprint density at radius 3 is 2.52 bits per heavy atom. The highest BCUT2D eigenvalue weighted by Crippen LogP contribution is 2.40. The number of ether oxygens (including phenoxy) is 1. The molecule has 1 aliphatic heterocycles. The molecule has 0 bridgehead atoms. The number of hydrogen-bond acceptors (Lipinski definition) is 6. The third-order valence-electron chi connectivity index (χ3n) is 5.85. The Hall–Kier alpha value is -2.83. The summed E-state index contributed by atoms with van der Waals surface area (Å²) >= 11 is 12.3. The molecule has 1 N–H and O–H groups in total. The van der Waals surface area contributed by atoms with Crippen molar-refractivity contribution in [3.63, 3.8) is 0 Å². The van der Waals surface area contributed by atoms with Crippen molar-refractivity contribution in [1.82, 2.24) is 10.2 Å². The lowest BCUT2D eigenvalue weighted by Crippen LogP contribution is -2.48. The summed E-state index contributed by atoms with van der Waals surface area (Å²) in [6, 6.07) is 14.2. The molecule has 1 saturated heterocycles. The van der Waals surface area contributed by atoms with Crippen molar-refractivity contribution in [3.8, 4) is 17.0 Å². The normalized spacial score (nSPS) is 15.5. The molecule has 2 aromatic carbocycles. The smallest absolute Gasteiger partial charge is 0.316 e. The molecule has 0 spiro atoms. The van der Waals surface area contributed by atoms with Crippen LogP contribution >= 0.6 is 23.2 Å². The van der Waals surface area contributed by atoms with Gasteiger partial charge in [0.05, 0.1) is 40.1 Å². The largest absolute Gasteiger partial charge is 0.507 e. The number of phenols is 1. The number of carbonyl (C=O) groups is 1. The molecule has 160 valence electrons. The van der Waals surface area contributed by atoms with E-state index in [0.29, 0.717) is 47.2 Å². The standard InChI is InChI=1S/C23H21Cl2N3O3/c1-31-22(30)23(15-6-7-18(24)19(25)12-15)8-10-28(11-9-23)16-13-20(27-26-14-16)17-4-2-3-5-21(17)29/h2-7,12-14,29H,8-11H2,1H3. The summed E-state index contributed by atoms with van der Waals surface area (Å²) < 4.78 is 5.17. The van der Waals surface area contributed by atoms with Gasteiger partial charge in [-0.2, -0.15) is 10.2 Å². The number of aromatic nitrogens is 2. The van der Waals surface area contributed by atoms with E-state index in [1.807, 2.05) is 18.2 Å². The minimum atomic E-state index is -0.791. The van der Waals surface area contributed by atoms with E-state index >= 15 is 0 Å². The molecule has 1 aliphatic rings. The van der Waals surface area contributed by atoms with E-state index in [9.17, 15) is 9.90 Å². The number of halogens is 2. The number of piperidine rings is 1. The van der Waals surface area contributed by atoms with Crippen molar-refractivity contribution < 1.29 is 14.6 Å². The van der Waals surface area contributed by atoms with Crippen LogP contribution in [0.3, 0.4) is 0 Å². The molecule has 2 heterocycles. The highest BCUT2D eigenvalue weighted by Gasteiger charge is 2.44. The Kier molecular flexibility index (Phi) is 6.03. The van der Waals surface area contributed by atoms with Crippen molar-refractivity contribution in [2.45, 2.75) is 18.3 Å². The fraction of sp³-hybridized carbons (Fsp3) is 0.261. The van der Waals surface area contributed by atoms with Crippen LogP contribution in [0.25, 0.3) is 11.3 Å². The number of esters is 1. The van der Waals surface area contributed by atoms with Gasteiger partial charge in [0.1, 0.15) is 5.75 Å². The quantitative estimate of drug-likeness (QED) is 0.563. The molecule has 31 heavy (non-hydrogen) atoms. The van der Waals surface area contributed by atoms with Crippen LogP contribution in [-0.2, 0) is 14.9 Å². The topological polar surface area (TPSA) is 75.5 Å². The lowest BCUT2D eigenvalue weighted by atomic mass is 9.72. The molecular weight excluding hydrogens is 437 g/mol. The summed E-state index contributed by atoms with van der Waals surface area (Å²) in [5.74, 6) is -0.134. The maximum Gasteiger partial charge on any atom is 0.316 e. The fourth-order valence-corrected chi connectivity index (χ4v) is 4.40. The first-order valence-corrected chi connectivity index (χ1v) is 10.6. The number of nitrogens with zero attached hydrogens (tertiary/aromatic N) is 3. The number of hydrogen-bond donors (Lipinski definition) is 1. The Balaban J connectivity index is 1.61. The van der Waals surface area contributed by atoms with Gasteiger partial charge in [-0.3, -0.25) is 4.79 Å². The third-order valence-corrected chi connectivity index (χ3v) is 6.59. The molecule has 0 saturated carbocycles. The molecule has 0 aliphatic carbocycles. The number of para-hydroxylation sites is 1. The first kappa shape index (κ1) is 21.4. The Labute approximate surface area is 190 Å². The molecule has 0 radical (unpaired) electrons. The van der Waals surface area contributed by atoms with Crippen LogP contribution < -0.4 is 4.90 Å². The Bertz CT molecular complexity index is 1110. The monoisotopic (exact) mass is 457 g/mol. The van der Waals surface area contributed by atoms with Crippen molar-refractivity contribution >= 4 is 34.9 Å². The molecule has 3 aromatic rings. The van der Waals surface area contributed by atoms with Gasteiger partial charge in [-0.05, 0) is 48.7 Å². The second kappa shape index (κ2) is 8.73. The van der Waals surface area contributed by atoms with E-state index in [4.69, 9.17) is 27.9 Å². The van der Waals surface area contributed by atoms with E-state index in [-0.39, 0.29) is 11.7 Å². The van der Waals surface area contributed by atoms with E-state index < -0.39 is 5.41 Å². The van der Waals surface area contributed by atoms with Crippen molar-refractivity contribution in [2.75, 3.05) is 25.1 Å². The van der Waals surface area contributed by atoms with Crippen LogP contribution in [0.2, 0.25) is 10.0 Å². The van der Waals surface area contributed by atoms with Crippen LogP contribution in [0, 0.1) is 0 Å². The van der Waals surface area contributed by atoms with Gasteiger partial charge < -0.3 is 14.7 Å². The summed E-state index contributed by atoms with van der Waals surface area (Å²) in [5, 5.41) is 19.3.